The van der Waals surface area contributed by atoms with Crippen LogP contribution in [0.25, 0.3) is 0 Å². The van der Waals surface area contributed by atoms with E-state index in [0.717, 1.165) is 5.56 Å². The maximum atomic E-state index is 11.7. The van der Waals surface area contributed by atoms with Crippen molar-refractivity contribution in [3.63, 3.8) is 0 Å². The van der Waals surface area contributed by atoms with Gasteiger partial charge in [-0.15, -0.1) is 12.4 Å². The summed E-state index contributed by atoms with van der Waals surface area (Å²) in [7, 11) is 2.58. The van der Waals surface area contributed by atoms with Crippen molar-refractivity contribution in [2.45, 2.75) is 18.7 Å². The first-order valence-electron chi connectivity index (χ1n) is 6.19. The van der Waals surface area contributed by atoms with Crippen LogP contribution in [-0.4, -0.2) is 40.6 Å². The number of carboxylic acids is 1. The SMILES string of the molecule is Cl.NC(CSSCC(N)C(=O)OCc1ccccc1)C(=O)O. The molecule has 0 fully saturated rings. The molecule has 0 aliphatic carbocycles. The predicted octanol–water partition coefficient (Wildman–Crippen LogP) is 1.27. The molecule has 9 heteroatoms. The van der Waals surface area contributed by atoms with E-state index in [1.54, 1.807) is 0 Å². The lowest BCUT2D eigenvalue weighted by Crippen LogP contribution is -2.34. The number of aliphatic carboxylic acids is 1. The number of benzene rings is 1. The highest BCUT2D eigenvalue weighted by molar-refractivity contribution is 8.76. The van der Waals surface area contributed by atoms with Gasteiger partial charge in [0.05, 0.1) is 0 Å². The summed E-state index contributed by atoms with van der Waals surface area (Å²) in [6.45, 7) is 0.190. The molecule has 22 heavy (non-hydrogen) atoms. The second-order valence-electron chi connectivity index (χ2n) is 4.21. The molecule has 0 bridgehead atoms. The van der Waals surface area contributed by atoms with Crippen molar-refractivity contribution in [3.05, 3.63) is 35.9 Å². The van der Waals surface area contributed by atoms with Crippen LogP contribution in [0.5, 0.6) is 0 Å². The zero-order valence-corrected chi connectivity index (χ0v) is 14.2. The van der Waals surface area contributed by atoms with Crippen LogP contribution >= 0.6 is 34.0 Å². The Balaban J connectivity index is 0.00000441. The molecule has 124 valence electrons. The topological polar surface area (TPSA) is 116 Å². The van der Waals surface area contributed by atoms with Crippen molar-refractivity contribution >= 4 is 45.9 Å². The van der Waals surface area contributed by atoms with E-state index in [9.17, 15) is 9.59 Å². The third kappa shape index (κ3) is 8.50. The Hall–Kier alpha value is -0.930. The number of ether oxygens (including phenoxy) is 1. The quantitative estimate of drug-likeness (QED) is 0.340. The van der Waals surface area contributed by atoms with Crippen molar-refractivity contribution in [1.82, 2.24) is 0 Å². The highest BCUT2D eigenvalue weighted by atomic mass is 35.5. The number of hydrogen-bond donors (Lipinski definition) is 3. The number of esters is 1. The van der Waals surface area contributed by atoms with E-state index in [0.29, 0.717) is 5.75 Å². The standard InChI is InChI=1S/C13H18N2O4S2.ClH/c14-10(12(16)17)7-20-21-8-11(15)13(18)19-6-9-4-2-1-3-5-9;/h1-5,10-11H,6-8,14-15H2,(H,16,17);1H. The summed E-state index contributed by atoms with van der Waals surface area (Å²) in [5.74, 6) is -0.930. The molecule has 0 radical (unpaired) electrons. The molecule has 0 saturated carbocycles. The number of rotatable bonds is 9. The molecular formula is C13H19ClN2O4S2. The van der Waals surface area contributed by atoms with Gasteiger partial charge in [-0.3, -0.25) is 9.59 Å². The molecule has 1 rings (SSSR count). The van der Waals surface area contributed by atoms with E-state index >= 15 is 0 Å². The normalized spacial score (nSPS) is 12.8. The highest BCUT2D eigenvalue weighted by Gasteiger charge is 2.16. The van der Waals surface area contributed by atoms with Crippen LogP contribution in [0.3, 0.4) is 0 Å². The Bertz CT molecular complexity index is 465. The number of carbonyl (C=O) groups excluding carboxylic acids is 1. The monoisotopic (exact) mass is 366 g/mol. The zero-order valence-electron chi connectivity index (χ0n) is 11.7. The van der Waals surface area contributed by atoms with Gasteiger partial charge in [0.15, 0.2) is 0 Å². The summed E-state index contributed by atoms with van der Waals surface area (Å²) < 4.78 is 5.10. The number of nitrogens with two attached hydrogens (primary N) is 2. The second kappa shape index (κ2) is 11.6. The fraction of sp³-hybridized carbons (Fsp3) is 0.385. The van der Waals surface area contributed by atoms with Gasteiger partial charge in [0.1, 0.15) is 18.7 Å². The van der Waals surface area contributed by atoms with E-state index in [1.165, 1.54) is 21.6 Å². The van der Waals surface area contributed by atoms with Gasteiger partial charge in [0.25, 0.3) is 0 Å². The van der Waals surface area contributed by atoms with Crippen molar-refractivity contribution in [3.8, 4) is 0 Å². The zero-order chi connectivity index (χ0) is 15.7. The minimum atomic E-state index is -1.05. The van der Waals surface area contributed by atoms with E-state index in [-0.39, 0.29) is 24.8 Å². The summed E-state index contributed by atoms with van der Waals surface area (Å²) in [4.78, 5) is 22.2. The molecule has 1 aromatic carbocycles. The largest absolute Gasteiger partial charge is 0.480 e. The average molecular weight is 367 g/mol. The van der Waals surface area contributed by atoms with Crippen LogP contribution in [0, 0.1) is 0 Å². The lowest BCUT2D eigenvalue weighted by molar-refractivity contribution is -0.146. The molecule has 0 aliphatic heterocycles. The number of carboxylic acid groups (broad SMARTS) is 1. The van der Waals surface area contributed by atoms with Crippen LogP contribution in [0.15, 0.2) is 30.3 Å². The maximum absolute atomic E-state index is 11.7. The molecule has 0 aliphatic rings. The molecule has 0 heterocycles. The minimum absolute atomic E-state index is 0. The Kier molecular flexibility index (Phi) is 11.1. The fourth-order valence-corrected chi connectivity index (χ4v) is 3.44. The van der Waals surface area contributed by atoms with Crippen LogP contribution in [0.1, 0.15) is 5.56 Å². The van der Waals surface area contributed by atoms with Gasteiger partial charge < -0.3 is 21.3 Å². The van der Waals surface area contributed by atoms with Gasteiger partial charge in [-0.2, -0.15) is 0 Å². The highest BCUT2D eigenvalue weighted by Crippen LogP contribution is 2.22. The van der Waals surface area contributed by atoms with E-state index in [1.807, 2.05) is 30.3 Å². The lowest BCUT2D eigenvalue weighted by Gasteiger charge is -2.11. The predicted molar refractivity (Wildman–Crippen MR) is 92.0 cm³/mol. The smallest absolute Gasteiger partial charge is 0.324 e. The third-order valence-electron chi connectivity index (χ3n) is 2.42. The van der Waals surface area contributed by atoms with Crippen molar-refractivity contribution in [1.29, 1.82) is 0 Å². The van der Waals surface area contributed by atoms with Crippen molar-refractivity contribution in [2.24, 2.45) is 11.5 Å². The summed E-state index contributed by atoms with van der Waals surface area (Å²) >= 11 is 0. The fourth-order valence-electron chi connectivity index (χ4n) is 1.22. The number of halogens is 1. The van der Waals surface area contributed by atoms with Gasteiger partial charge in [-0.05, 0) is 5.56 Å². The number of hydrogen-bond acceptors (Lipinski definition) is 7. The van der Waals surface area contributed by atoms with Gasteiger partial charge in [-0.1, -0.05) is 51.9 Å². The van der Waals surface area contributed by atoms with Crippen LogP contribution in [0.2, 0.25) is 0 Å². The molecule has 2 unspecified atom stereocenters. The molecule has 0 saturated heterocycles. The maximum Gasteiger partial charge on any atom is 0.324 e. The average Bonchev–Trinajstić information content (AvgIpc) is 2.49. The second-order valence-corrected chi connectivity index (χ2v) is 6.77. The van der Waals surface area contributed by atoms with E-state index in [2.05, 4.69) is 0 Å². The van der Waals surface area contributed by atoms with Gasteiger partial charge in [-0.25, -0.2) is 0 Å². The molecule has 0 aromatic heterocycles. The van der Waals surface area contributed by atoms with E-state index in [4.69, 9.17) is 21.3 Å². The van der Waals surface area contributed by atoms with E-state index < -0.39 is 24.0 Å². The summed E-state index contributed by atoms with van der Waals surface area (Å²) in [6.07, 6.45) is 0. The molecule has 1 aromatic rings. The van der Waals surface area contributed by atoms with Gasteiger partial charge >= 0.3 is 11.9 Å². The Labute approximate surface area is 143 Å². The summed E-state index contributed by atoms with van der Waals surface area (Å²) in [6, 6.07) is 7.67. The first kappa shape index (κ1) is 21.1. The third-order valence-corrected chi connectivity index (χ3v) is 4.90. The minimum Gasteiger partial charge on any atom is -0.480 e. The molecule has 5 N–H and O–H groups in total. The molecule has 2 atom stereocenters. The molecule has 0 amide bonds. The van der Waals surface area contributed by atoms with Crippen molar-refractivity contribution < 1.29 is 19.4 Å². The van der Waals surface area contributed by atoms with Crippen LogP contribution < -0.4 is 11.5 Å². The first-order chi connectivity index (χ1) is 10.0. The lowest BCUT2D eigenvalue weighted by atomic mass is 10.2. The Morgan fingerprint density at radius 2 is 1.64 bits per heavy atom. The molecule has 6 nitrogen and oxygen atoms in total. The number of carbonyl (C=O) groups is 2. The van der Waals surface area contributed by atoms with Crippen LogP contribution in [-0.2, 0) is 20.9 Å². The van der Waals surface area contributed by atoms with Crippen LogP contribution in [0.4, 0.5) is 0 Å². The first-order valence-corrected chi connectivity index (χ1v) is 8.68. The van der Waals surface area contributed by atoms with Gasteiger partial charge in [0.2, 0.25) is 0 Å². The molecular weight excluding hydrogens is 348 g/mol. The molecule has 0 spiro atoms. The van der Waals surface area contributed by atoms with Crippen molar-refractivity contribution in [2.75, 3.05) is 11.5 Å². The van der Waals surface area contributed by atoms with Gasteiger partial charge in [0, 0.05) is 11.5 Å². The Morgan fingerprint density at radius 3 is 2.18 bits per heavy atom. The summed E-state index contributed by atoms with van der Waals surface area (Å²) in [5, 5.41) is 8.61. The Morgan fingerprint density at radius 1 is 1.09 bits per heavy atom. The summed E-state index contributed by atoms with van der Waals surface area (Å²) in [5.41, 5.74) is 11.9.